The summed E-state index contributed by atoms with van der Waals surface area (Å²) in [6.07, 6.45) is 0. The van der Waals surface area contributed by atoms with Gasteiger partial charge in [-0.05, 0) is 43.2 Å². The van der Waals surface area contributed by atoms with Gasteiger partial charge < -0.3 is 11.1 Å². The molecule has 0 saturated carbocycles. The number of nitrogen functional groups attached to an aromatic ring is 1. The summed E-state index contributed by atoms with van der Waals surface area (Å²) in [6.45, 7) is 4.06. The van der Waals surface area contributed by atoms with Crippen molar-refractivity contribution in [3.8, 4) is 0 Å². The number of anilines is 3. The lowest BCUT2D eigenvalue weighted by atomic mass is 10.1. The molecule has 0 aliphatic rings. The lowest BCUT2D eigenvalue weighted by Crippen LogP contribution is -1.99. The molecule has 0 bridgehead atoms. The van der Waals surface area contributed by atoms with E-state index in [-0.39, 0.29) is 0 Å². The van der Waals surface area contributed by atoms with Crippen molar-refractivity contribution >= 4 is 28.7 Å². The first-order chi connectivity index (χ1) is 8.08. The minimum absolute atomic E-state index is 0.713. The van der Waals surface area contributed by atoms with Crippen LogP contribution in [-0.2, 0) is 0 Å². The quantitative estimate of drug-likeness (QED) is 0.776. The number of aryl methyl sites for hydroxylation is 2. The number of nitrogens with one attached hydrogen (secondary N) is 1. The molecule has 88 valence electrons. The molecule has 0 spiro atoms. The van der Waals surface area contributed by atoms with Gasteiger partial charge in [-0.2, -0.15) is 0 Å². The fraction of sp³-hybridized carbons (Fsp3) is 0.143. The van der Waals surface area contributed by atoms with Crippen LogP contribution in [0.2, 0.25) is 5.02 Å². The number of para-hydroxylation sites is 1. The standard InChI is InChI=1S/C14H15ClN2/c1-9-6-7-11(15)8-13(9)17-14-10(2)4-3-5-12(14)16/h3-8,17H,16H2,1-2H3. The summed E-state index contributed by atoms with van der Waals surface area (Å²) in [5, 5.41) is 4.05. The molecule has 2 rings (SSSR count). The molecule has 0 fully saturated rings. The minimum atomic E-state index is 0.713. The molecule has 2 aromatic carbocycles. The fourth-order valence-electron chi connectivity index (χ4n) is 1.72. The zero-order chi connectivity index (χ0) is 12.4. The molecule has 0 aliphatic carbocycles. The van der Waals surface area contributed by atoms with E-state index < -0.39 is 0 Å². The maximum Gasteiger partial charge on any atom is 0.0647 e. The summed E-state index contributed by atoms with van der Waals surface area (Å²) in [5.41, 5.74) is 10.9. The fourth-order valence-corrected chi connectivity index (χ4v) is 1.90. The molecule has 0 radical (unpaired) electrons. The summed E-state index contributed by atoms with van der Waals surface area (Å²) in [7, 11) is 0. The molecule has 0 unspecified atom stereocenters. The average Bonchev–Trinajstić information content (AvgIpc) is 2.28. The van der Waals surface area contributed by atoms with Crippen LogP contribution >= 0.6 is 11.6 Å². The Kier molecular flexibility index (Phi) is 3.25. The predicted octanol–water partition coefficient (Wildman–Crippen LogP) is 4.28. The third kappa shape index (κ3) is 2.53. The number of rotatable bonds is 2. The summed E-state index contributed by atoms with van der Waals surface area (Å²) in [5.74, 6) is 0. The predicted molar refractivity (Wildman–Crippen MR) is 75.1 cm³/mol. The van der Waals surface area contributed by atoms with E-state index in [1.54, 1.807) is 0 Å². The van der Waals surface area contributed by atoms with Crippen LogP contribution in [0.5, 0.6) is 0 Å². The topological polar surface area (TPSA) is 38.0 Å². The van der Waals surface area contributed by atoms with Crippen molar-refractivity contribution in [1.82, 2.24) is 0 Å². The molecule has 3 heteroatoms. The van der Waals surface area contributed by atoms with Crippen molar-refractivity contribution in [3.05, 3.63) is 52.5 Å². The normalized spacial score (nSPS) is 10.3. The van der Waals surface area contributed by atoms with E-state index >= 15 is 0 Å². The molecule has 0 saturated heterocycles. The van der Waals surface area contributed by atoms with Crippen LogP contribution in [0.1, 0.15) is 11.1 Å². The van der Waals surface area contributed by atoms with Gasteiger partial charge in [-0.1, -0.05) is 29.8 Å². The Balaban J connectivity index is 2.41. The Morgan fingerprint density at radius 1 is 1.06 bits per heavy atom. The SMILES string of the molecule is Cc1ccc(Cl)cc1Nc1c(C)cccc1N. The Morgan fingerprint density at radius 2 is 1.82 bits per heavy atom. The van der Waals surface area contributed by atoms with Gasteiger partial charge in [0.15, 0.2) is 0 Å². The number of nitrogens with two attached hydrogens (primary N) is 1. The highest BCUT2D eigenvalue weighted by Gasteiger charge is 2.05. The molecule has 0 aromatic heterocycles. The molecule has 0 amide bonds. The Labute approximate surface area is 106 Å². The van der Waals surface area contributed by atoms with Crippen molar-refractivity contribution in [2.75, 3.05) is 11.1 Å². The van der Waals surface area contributed by atoms with Gasteiger partial charge in [0.25, 0.3) is 0 Å². The summed E-state index contributed by atoms with van der Waals surface area (Å²) < 4.78 is 0. The number of hydrogen-bond donors (Lipinski definition) is 2. The first kappa shape index (κ1) is 11.8. The van der Waals surface area contributed by atoms with Crippen molar-refractivity contribution in [2.24, 2.45) is 0 Å². The number of benzene rings is 2. The van der Waals surface area contributed by atoms with Crippen LogP contribution in [0.25, 0.3) is 0 Å². The van der Waals surface area contributed by atoms with E-state index in [9.17, 15) is 0 Å². The van der Waals surface area contributed by atoms with E-state index in [0.29, 0.717) is 5.02 Å². The highest BCUT2D eigenvalue weighted by molar-refractivity contribution is 6.30. The summed E-state index contributed by atoms with van der Waals surface area (Å²) in [6, 6.07) is 11.6. The monoisotopic (exact) mass is 246 g/mol. The summed E-state index contributed by atoms with van der Waals surface area (Å²) in [4.78, 5) is 0. The number of halogens is 1. The van der Waals surface area contributed by atoms with Gasteiger partial charge in [0, 0.05) is 10.7 Å². The maximum atomic E-state index is 5.99. The van der Waals surface area contributed by atoms with Gasteiger partial charge in [-0.25, -0.2) is 0 Å². The highest BCUT2D eigenvalue weighted by atomic mass is 35.5. The van der Waals surface area contributed by atoms with Gasteiger partial charge in [-0.3, -0.25) is 0 Å². The van der Waals surface area contributed by atoms with Gasteiger partial charge in [0.05, 0.1) is 11.4 Å². The van der Waals surface area contributed by atoms with Crippen LogP contribution in [0.3, 0.4) is 0 Å². The zero-order valence-electron chi connectivity index (χ0n) is 9.92. The lowest BCUT2D eigenvalue weighted by molar-refractivity contribution is 1.39. The lowest BCUT2D eigenvalue weighted by Gasteiger charge is -2.14. The molecule has 0 heterocycles. The van der Waals surface area contributed by atoms with E-state index in [4.69, 9.17) is 17.3 Å². The first-order valence-corrected chi connectivity index (χ1v) is 5.84. The van der Waals surface area contributed by atoms with E-state index in [0.717, 1.165) is 28.2 Å². The molecular weight excluding hydrogens is 232 g/mol. The van der Waals surface area contributed by atoms with Crippen LogP contribution in [0.4, 0.5) is 17.1 Å². The Bertz CT molecular complexity index is 530. The summed E-state index contributed by atoms with van der Waals surface area (Å²) >= 11 is 5.99. The van der Waals surface area contributed by atoms with E-state index in [1.807, 2.05) is 50.2 Å². The van der Waals surface area contributed by atoms with E-state index in [1.165, 1.54) is 0 Å². The van der Waals surface area contributed by atoms with Gasteiger partial charge in [0.2, 0.25) is 0 Å². The third-order valence-electron chi connectivity index (χ3n) is 2.76. The first-order valence-electron chi connectivity index (χ1n) is 5.46. The minimum Gasteiger partial charge on any atom is -0.397 e. The van der Waals surface area contributed by atoms with Gasteiger partial charge in [-0.15, -0.1) is 0 Å². The van der Waals surface area contributed by atoms with E-state index in [2.05, 4.69) is 5.32 Å². The smallest absolute Gasteiger partial charge is 0.0647 e. The second-order valence-corrected chi connectivity index (χ2v) is 4.56. The highest BCUT2D eigenvalue weighted by Crippen LogP contribution is 2.29. The Hall–Kier alpha value is -1.67. The largest absolute Gasteiger partial charge is 0.397 e. The van der Waals surface area contributed by atoms with Crippen molar-refractivity contribution in [3.63, 3.8) is 0 Å². The van der Waals surface area contributed by atoms with Crippen molar-refractivity contribution in [1.29, 1.82) is 0 Å². The van der Waals surface area contributed by atoms with Gasteiger partial charge in [0.1, 0.15) is 0 Å². The Morgan fingerprint density at radius 3 is 2.53 bits per heavy atom. The molecule has 2 nitrogen and oxygen atoms in total. The molecular formula is C14H15ClN2. The molecule has 17 heavy (non-hydrogen) atoms. The van der Waals surface area contributed by atoms with Crippen LogP contribution < -0.4 is 11.1 Å². The van der Waals surface area contributed by atoms with Crippen LogP contribution in [-0.4, -0.2) is 0 Å². The van der Waals surface area contributed by atoms with Gasteiger partial charge >= 0.3 is 0 Å². The van der Waals surface area contributed by atoms with Crippen LogP contribution in [0.15, 0.2) is 36.4 Å². The molecule has 2 aromatic rings. The van der Waals surface area contributed by atoms with Crippen molar-refractivity contribution in [2.45, 2.75) is 13.8 Å². The maximum absolute atomic E-state index is 5.99. The van der Waals surface area contributed by atoms with Crippen molar-refractivity contribution < 1.29 is 0 Å². The number of hydrogen-bond acceptors (Lipinski definition) is 2. The second kappa shape index (κ2) is 4.68. The average molecular weight is 247 g/mol. The molecule has 0 atom stereocenters. The molecule has 0 aliphatic heterocycles. The molecule has 3 N–H and O–H groups in total. The van der Waals surface area contributed by atoms with Crippen LogP contribution in [0, 0.1) is 13.8 Å². The third-order valence-corrected chi connectivity index (χ3v) is 3.00. The zero-order valence-corrected chi connectivity index (χ0v) is 10.7. The second-order valence-electron chi connectivity index (χ2n) is 4.12.